The van der Waals surface area contributed by atoms with E-state index in [0.29, 0.717) is 23.9 Å². The van der Waals surface area contributed by atoms with Crippen LogP contribution in [0.15, 0.2) is 23.1 Å². The van der Waals surface area contributed by atoms with E-state index in [0.717, 1.165) is 25.9 Å². The number of anilines is 1. The van der Waals surface area contributed by atoms with E-state index in [2.05, 4.69) is 16.7 Å². The van der Waals surface area contributed by atoms with Gasteiger partial charge in [0.2, 0.25) is 10.0 Å². The van der Waals surface area contributed by atoms with Crippen LogP contribution in [0.25, 0.3) is 0 Å². The van der Waals surface area contributed by atoms with Crippen molar-refractivity contribution >= 4 is 15.7 Å². The fourth-order valence-corrected chi connectivity index (χ4v) is 3.78. The maximum atomic E-state index is 12.3. The smallest absolute Gasteiger partial charge is 0.240 e. The Bertz CT molecular complexity index is 589. The van der Waals surface area contributed by atoms with Crippen molar-refractivity contribution in [2.24, 2.45) is 5.92 Å². The molecule has 0 amide bonds. The molecule has 1 saturated heterocycles. The molecule has 1 aliphatic rings. The van der Waals surface area contributed by atoms with Gasteiger partial charge < -0.3 is 15.4 Å². The number of hydrogen-bond donors (Lipinski definition) is 2. The maximum absolute atomic E-state index is 12.3. The van der Waals surface area contributed by atoms with Crippen molar-refractivity contribution in [3.63, 3.8) is 0 Å². The molecule has 3 N–H and O–H groups in total. The third-order valence-electron chi connectivity index (χ3n) is 3.80. The van der Waals surface area contributed by atoms with Crippen LogP contribution >= 0.6 is 0 Å². The van der Waals surface area contributed by atoms with Crippen molar-refractivity contribution in [1.82, 2.24) is 9.62 Å². The highest BCUT2D eigenvalue weighted by Crippen LogP contribution is 2.24. The molecule has 1 aromatic carbocycles. The highest BCUT2D eigenvalue weighted by molar-refractivity contribution is 7.89. The molecule has 1 heterocycles. The zero-order chi connectivity index (χ0) is 15.5. The normalized spacial score (nSPS) is 20.4. The number of ether oxygens (including phenoxy) is 1. The summed E-state index contributed by atoms with van der Waals surface area (Å²) in [6, 6.07) is 4.50. The van der Waals surface area contributed by atoms with E-state index in [-0.39, 0.29) is 4.90 Å². The monoisotopic (exact) mass is 313 g/mol. The van der Waals surface area contributed by atoms with Crippen molar-refractivity contribution in [2.75, 3.05) is 39.5 Å². The minimum Gasteiger partial charge on any atom is -0.495 e. The molecular formula is C14H23N3O3S. The van der Waals surface area contributed by atoms with Crippen molar-refractivity contribution in [2.45, 2.75) is 17.7 Å². The third kappa shape index (κ3) is 4.09. The second-order valence-corrected chi connectivity index (χ2v) is 7.29. The van der Waals surface area contributed by atoms with Crippen molar-refractivity contribution in [3.05, 3.63) is 18.2 Å². The molecule has 0 aliphatic carbocycles. The molecule has 1 atom stereocenters. The average molecular weight is 313 g/mol. The highest BCUT2D eigenvalue weighted by atomic mass is 32.2. The average Bonchev–Trinajstić information content (AvgIpc) is 2.45. The van der Waals surface area contributed by atoms with Crippen molar-refractivity contribution < 1.29 is 13.2 Å². The first kappa shape index (κ1) is 16.1. The van der Waals surface area contributed by atoms with E-state index in [4.69, 9.17) is 10.5 Å². The molecule has 118 valence electrons. The minimum atomic E-state index is -3.53. The number of nitrogens with zero attached hydrogens (tertiary/aromatic N) is 1. The number of hydrogen-bond acceptors (Lipinski definition) is 5. The van der Waals surface area contributed by atoms with Crippen LogP contribution < -0.4 is 15.2 Å². The minimum absolute atomic E-state index is 0.171. The summed E-state index contributed by atoms with van der Waals surface area (Å²) >= 11 is 0. The maximum Gasteiger partial charge on any atom is 0.240 e. The van der Waals surface area contributed by atoms with Crippen LogP contribution in [0.2, 0.25) is 0 Å². The SMILES string of the molecule is COc1ccc(S(=O)(=O)NCC2CCCN(C)C2)cc1N. The lowest BCUT2D eigenvalue weighted by molar-refractivity contribution is 0.211. The van der Waals surface area contributed by atoms with E-state index in [1.165, 1.54) is 19.2 Å². The van der Waals surface area contributed by atoms with Gasteiger partial charge in [-0.1, -0.05) is 0 Å². The van der Waals surface area contributed by atoms with Gasteiger partial charge in [0.05, 0.1) is 17.7 Å². The van der Waals surface area contributed by atoms with E-state index in [1.54, 1.807) is 6.07 Å². The van der Waals surface area contributed by atoms with Gasteiger partial charge in [-0.3, -0.25) is 0 Å². The summed E-state index contributed by atoms with van der Waals surface area (Å²) in [5, 5.41) is 0. The van der Waals surface area contributed by atoms with Gasteiger partial charge in [-0.25, -0.2) is 13.1 Å². The van der Waals surface area contributed by atoms with Crippen LogP contribution in [-0.2, 0) is 10.0 Å². The number of nitrogens with two attached hydrogens (primary N) is 1. The topological polar surface area (TPSA) is 84.7 Å². The Hall–Kier alpha value is -1.31. The summed E-state index contributed by atoms with van der Waals surface area (Å²) in [5.41, 5.74) is 6.08. The Kier molecular flexibility index (Phi) is 5.08. The van der Waals surface area contributed by atoms with Gasteiger partial charge in [-0.15, -0.1) is 0 Å². The lowest BCUT2D eigenvalue weighted by Crippen LogP contribution is -2.39. The molecule has 21 heavy (non-hydrogen) atoms. The second kappa shape index (κ2) is 6.64. The number of piperidine rings is 1. The van der Waals surface area contributed by atoms with Crippen molar-refractivity contribution in [3.8, 4) is 5.75 Å². The van der Waals surface area contributed by atoms with Crippen LogP contribution in [0.1, 0.15) is 12.8 Å². The summed E-state index contributed by atoms with van der Waals surface area (Å²) in [4.78, 5) is 2.40. The zero-order valence-corrected chi connectivity index (χ0v) is 13.3. The molecule has 1 aliphatic heterocycles. The molecule has 0 bridgehead atoms. The van der Waals surface area contributed by atoms with Gasteiger partial charge in [0.1, 0.15) is 5.75 Å². The summed E-state index contributed by atoms with van der Waals surface area (Å²) < 4.78 is 32.3. The molecule has 0 radical (unpaired) electrons. The van der Waals surface area contributed by atoms with Crippen LogP contribution in [0.5, 0.6) is 5.75 Å². The van der Waals surface area contributed by atoms with Gasteiger partial charge in [0.15, 0.2) is 0 Å². The standard InChI is InChI=1S/C14H23N3O3S/c1-17-7-3-4-11(10-17)9-16-21(18,19)12-5-6-14(20-2)13(15)8-12/h5-6,8,11,16H,3-4,7,9-10,15H2,1-2H3. The highest BCUT2D eigenvalue weighted by Gasteiger charge is 2.21. The largest absolute Gasteiger partial charge is 0.495 e. The number of sulfonamides is 1. The number of nitrogen functional groups attached to an aromatic ring is 1. The second-order valence-electron chi connectivity index (χ2n) is 5.53. The summed E-state index contributed by atoms with van der Waals surface area (Å²) in [6.07, 6.45) is 2.16. The number of rotatable bonds is 5. The van der Waals surface area contributed by atoms with Gasteiger partial charge in [0.25, 0.3) is 0 Å². The zero-order valence-electron chi connectivity index (χ0n) is 12.5. The molecule has 6 nitrogen and oxygen atoms in total. The summed E-state index contributed by atoms with van der Waals surface area (Å²) in [6.45, 7) is 2.46. The first-order valence-corrected chi connectivity index (χ1v) is 8.52. The lowest BCUT2D eigenvalue weighted by atomic mass is 9.99. The van der Waals surface area contributed by atoms with Gasteiger partial charge in [-0.05, 0) is 50.6 Å². The van der Waals surface area contributed by atoms with E-state index >= 15 is 0 Å². The molecule has 0 saturated carbocycles. The summed E-state index contributed by atoms with van der Waals surface area (Å²) in [7, 11) is 0.0294. The first-order chi connectivity index (χ1) is 9.92. The molecular weight excluding hydrogens is 290 g/mol. The van der Waals surface area contributed by atoms with Crippen molar-refractivity contribution in [1.29, 1.82) is 0 Å². The Morgan fingerprint density at radius 3 is 2.86 bits per heavy atom. The van der Waals surface area contributed by atoms with E-state index < -0.39 is 10.0 Å². The first-order valence-electron chi connectivity index (χ1n) is 7.04. The molecule has 0 spiro atoms. The number of methoxy groups -OCH3 is 1. The third-order valence-corrected chi connectivity index (χ3v) is 5.22. The molecule has 1 aromatic rings. The molecule has 1 unspecified atom stereocenters. The van der Waals surface area contributed by atoms with Gasteiger partial charge in [-0.2, -0.15) is 0 Å². The van der Waals surface area contributed by atoms with Gasteiger partial charge >= 0.3 is 0 Å². The number of benzene rings is 1. The lowest BCUT2D eigenvalue weighted by Gasteiger charge is -2.29. The Balaban J connectivity index is 2.02. The molecule has 0 aromatic heterocycles. The van der Waals surface area contributed by atoms with Crippen LogP contribution in [0.4, 0.5) is 5.69 Å². The Morgan fingerprint density at radius 1 is 1.48 bits per heavy atom. The predicted molar refractivity (Wildman–Crippen MR) is 82.8 cm³/mol. The predicted octanol–water partition coefficient (Wildman–Crippen LogP) is 0.898. The van der Waals surface area contributed by atoms with Crippen LogP contribution in [0.3, 0.4) is 0 Å². The Morgan fingerprint density at radius 2 is 2.24 bits per heavy atom. The van der Waals surface area contributed by atoms with Crippen LogP contribution in [0, 0.1) is 5.92 Å². The molecule has 2 rings (SSSR count). The van der Waals surface area contributed by atoms with E-state index in [9.17, 15) is 8.42 Å². The van der Waals surface area contributed by atoms with Gasteiger partial charge in [0, 0.05) is 13.1 Å². The Labute approximate surface area is 126 Å². The fourth-order valence-electron chi connectivity index (χ4n) is 2.63. The quantitative estimate of drug-likeness (QED) is 0.789. The number of nitrogens with one attached hydrogen (secondary N) is 1. The number of likely N-dealkylation sites (tertiary alicyclic amines) is 1. The van der Waals surface area contributed by atoms with Crippen LogP contribution in [-0.4, -0.2) is 47.1 Å². The fraction of sp³-hybridized carbons (Fsp3) is 0.571. The molecule has 1 fully saturated rings. The molecule has 7 heteroatoms. The summed E-state index contributed by atoms with van der Waals surface area (Å²) in [5.74, 6) is 0.831. The van der Waals surface area contributed by atoms with E-state index in [1.807, 2.05) is 0 Å².